The second-order valence-electron chi connectivity index (χ2n) is 5.12. The first-order chi connectivity index (χ1) is 9.04. The van der Waals surface area contributed by atoms with Crippen LogP contribution in [0.3, 0.4) is 0 Å². The summed E-state index contributed by atoms with van der Waals surface area (Å²) in [6.07, 6.45) is 5.40. The molecule has 3 rings (SSSR count). The van der Waals surface area contributed by atoms with Gasteiger partial charge in [-0.05, 0) is 32.9 Å². The molecule has 0 aliphatic carbocycles. The zero-order valence-corrected chi connectivity index (χ0v) is 11.2. The average molecular weight is 253 g/mol. The molecule has 0 radical (unpaired) electrons. The van der Waals surface area contributed by atoms with E-state index in [4.69, 9.17) is 0 Å². The molecule has 0 saturated heterocycles. The predicted octanol–water partition coefficient (Wildman–Crippen LogP) is 2.59. The minimum Gasteiger partial charge on any atom is -0.324 e. The lowest BCUT2D eigenvalue weighted by Gasteiger charge is -2.15. The summed E-state index contributed by atoms with van der Waals surface area (Å²) in [4.78, 5) is 17.4. The van der Waals surface area contributed by atoms with Crippen LogP contribution in [0.2, 0.25) is 0 Å². The van der Waals surface area contributed by atoms with Crippen molar-refractivity contribution in [3.05, 3.63) is 41.5 Å². The number of aliphatic imine (C=N–C) groups is 1. The number of rotatable bonds is 2. The van der Waals surface area contributed by atoms with Crippen molar-refractivity contribution in [2.24, 2.45) is 4.99 Å². The third-order valence-corrected chi connectivity index (χ3v) is 3.14. The number of hydrogen-bond donors (Lipinski definition) is 1. The van der Waals surface area contributed by atoms with Gasteiger partial charge in [0.25, 0.3) is 0 Å². The van der Waals surface area contributed by atoms with Crippen LogP contribution in [0.5, 0.6) is 0 Å². The Labute approximate surface area is 111 Å². The highest BCUT2D eigenvalue weighted by Gasteiger charge is 2.28. The minimum atomic E-state index is -0.221. The Hall–Kier alpha value is -2.30. The molecule has 0 aromatic carbocycles. The van der Waals surface area contributed by atoms with Gasteiger partial charge in [-0.25, -0.2) is 9.97 Å². The minimum absolute atomic E-state index is 0.221. The van der Waals surface area contributed by atoms with Crippen LogP contribution < -0.4 is 5.32 Å². The van der Waals surface area contributed by atoms with Gasteiger partial charge in [0.15, 0.2) is 0 Å². The molecule has 96 valence electrons. The molecule has 5 heteroatoms. The monoisotopic (exact) mass is 253 g/mol. The van der Waals surface area contributed by atoms with Crippen LogP contribution in [0.1, 0.15) is 30.8 Å². The summed E-state index contributed by atoms with van der Waals surface area (Å²) in [7, 11) is 0. The van der Waals surface area contributed by atoms with Gasteiger partial charge >= 0.3 is 0 Å². The van der Waals surface area contributed by atoms with Gasteiger partial charge in [-0.15, -0.1) is 0 Å². The van der Waals surface area contributed by atoms with Crippen molar-refractivity contribution in [2.45, 2.75) is 26.3 Å². The lowest BCUT2D eigenvalue weighted by Crippen LogP contribution is -2.12. The van der Waals surface area contributed by atoms with Gasteiger partial charge in [0.1, 0.15) is 0 Å². The molecular formula is C14H15N5. The van der Waals surface area contributed by atoms with Gasteiger partial charge < -0.3 is 5.32 Å². The number of anilines is 2. The smallest absolute Gasteiger partial charge is 0.227 e. The van der Waals surface area contributed by atoms with Crippen molar-refractivity contribution in [1.29, 1.82) is 0 Å². The van der Waals surface area contributed by atoms with E-state index in [1.807, 2.05) is 25.3 Å². The zero-order chi connectivity index (χ0) is 13.5. The molecule has 0 atom stereocenters. The molecule has 19 heavy (non-hydrogen) atoms. The molecule has 2 aromatic heterocycles. The molecule has 1 aliphatic heterocycles. The Morgan fingerprint density at radius 2 is 2.05 bits per heavy atom. The molecule has 0 saturated carbocycles. The Morgan fingerprint density at radius 3 is 2.84 bits per heavy atom. The molecule has 3 heterocycles. The van der Waals surface area contributed by atoms with Crippen LogP contribution in [0.15, 0.2) is 29.5 Å². The maximum atomic E-state index is 4.48. The maximum Gasteiger partial charge on any atom is 0.227 e. The van der Waals surface area contributed by atoms with E-state index in [9.17, 15) is 0 Å². The second kappa shape index (κ2) is 4.12. The van der Waals surface area contributed by atoms with Crippen LogP contribution in [0.4, 0.5) is 11.6 Å². The Kier molecular flexibility index (Phi) is 2.55. The van der Waals surface area contributed by atoms with Crippen molar-refractivity contribution in [1.82, 2.24) is 15.0 Å². The summed E-state index contributed by atoms with van der Waals surface area (Å²) in [5, 5.41) is 3.18. The van der Waals surface area contributed by atoms with E-state index in [1.54, 1.807) is 12.4 Å². The molecule has 1 N–H and O–H groups in total. The van der Waals surface area contributed by atoms with Gasteiger partial charge in [0.05, 0.1) is 11.2 Å². The predicted molar refractivity (Wildman–Crippen MR) is 74.9 cm³/mol. The maximum absolute atomic E-state index is 4.48. The summed E-state index contributed by atoms with van der Waals surface area (Å²) >= 11 is 0. The fourth-order valence-electron chi connectivity index (χ4n) is 2.07. The quantitative estimate of drug-likeness (QED) is 0.893. The fraction of sp³-hybridized carbons (Fsp3) is 0.286. The summed E-state index contributed by atoms with van der Waals surface area (Å²) < 4.78 is 0. The zero-order valence-electron chi connectivity index (χ0n) is 11.2. The first-order valence-corrected chi connectivity index (χ1v) is 6.17. The number of fused-ring (bicyclic) bond motifs is 1. The first-order valence-electron chi connectivity index (χ1n) is 6.17. The molecule has 0 spiro atoms. The van der Waals surface area contributed by atoms with Crippen molar-refractivity contribution >= 4 is 17.9 Å². The summed E-state index contributed by atoms with van der Waals surface area (Å²) in [5.41, 5.74) is 3.61. The van der Waals surface area contributed by atoms with Crippen LogP contribution in [0.25, 0.3) is 0 Å². The molecule has 5 nitrogen and oxygen atoms in total. The van der Waals surface area contributed by atoms with Crippen LogP contribution in [-0.2, 0) is 5.54 Å². The highest BCUT2D eigenvalue weighted by atomic mass is 15.1. The third kappa shape index (κ3) is 2.19. The summed E-state index contributed by atoms with van der Waals surface area (Å²) in [5.74, 6) is 0.577. The van der Waals surface area contributed by atoms with E-state index in [1.165, 1.54) is 0 Å². The van der Waals surface area contributed by atoms with Gasteiger partial charge in [0.2, 0.25) is 5.95 Å². The van der Waals surface area contributed by atoms with Crippen LogP contribution in [-0.4, -0.2) is 21.2 Å². The standard InChI is InChI=1S/C14H15N5/c1-9-6-10(4-5-15-9)18-13-16-7-11-12(19-13)8-17-14(11,2)3/h4-8H,1-3H3,(H,15,16,18,19). The highest BCUT2D eigenvalue weighted by Crippen LogP contribution is 2.31. The molecule has 0 bridgehead atoms. The molecule has 0 amide bonds. The Bertz CT molecular complexity index is 661. The third-order valence-electron chi connectivity index (χ3n) is 3.14. The van der Waals surface area contributed by atoms with Crippen molar-refractivity contribution < 1.29 is 0 Å². The van der Waals surface area contributed by atoms with E-state index < -0.39 is 0 Å². The molecule has 2 aromatic rings. The Balaban J connectivity index is 1.90. The van der Waals surface area contributed by atoms with Gasteiger partial charge in [0, 0.05) is 35.6 Å². The molecule has 0 fully saturated rings. The summed E-state index contributed by atoms with van der Waals surface area (Å²) in [6, 6.07) is 3.84. The highest BCUT2D eigenvalue weighted by molar-refractivity contribution is 5.84. The normalized spacial score (nSPS) is 15.3. The van der Waals surface area contributed by atoms with E-state index in [0.29, 0.717) is 5.95 Å². The molecule has 0 unspecified atom stereocenters. The van der Waals surface area contributed by atoms with E-state index in [0.717, 1.165) is 22.6 Å². The number of aromatic nitrogens is 3. The van der Waals surface area contributed by atoms with Crippen LogP contribution in [0, 0.1) is 6.92 Å². The SMILES string of the molecule is Cc1cc(Nc2ncc3c(n2)C=NC3(C)C)ccn1. The average Bonchev–Trinajstić information content (AvgIpc) is 2.65. The van der Waals surface area contributed by atoms with Gasteiger partial charge in [-0.1, -0.05) is 0 Å². The number of nitrogens with zero attached hydrogens (tertiary/aromatic N) is 4. The first kappa shape index (κ1) is 11.8. The number of nitrogens with one attached hydrogen (secondary N) is 1. The van der Waals surface area contributed by atoms with E-state index >= 15 is 0 Å². The van der Waals surface area contributed by atoms with Crippen molar-refractivity contribution in [3.63, 3.8) is 0 Å². The van der Waals surface area contributed by atoms with E-state index in [-0.39, 0.29) is 5.54 Å². The van der Waals surface area contributed by atoms with Crippen molar-refractivity contribution in [2.75, 3.05) is 5.32 Å². The molecule has 1 aliphatic rings. The lowest BCUT2D eigenvalue weighted by molar-refractivity contribution is 0.569. The van der Waals surface area contributed by atoms with E-state index in [2.05, 4.69) is 39.1 Å². The van der Waals surface area contributed by atoms with Crippen LogP contribution >= 0.6 is 0 Å². The Morgan fingerprint density at radius 1 is 1.21 bits per heavy atom. The van der Waals surface area contributed by atoms with Gasteiger partial charge in [-0.2, -0.15) is 0 Å². The second-order valence-corrected chi connectivity index (χ2v) is 5.12. The number of aryl methyl sites for hydroxylation is 1. The lowest BCUT2D eigenvalue weighted by atomic mass is 9.98. The number of hydrogen-bond acceptors (Lipinski definition) is 5. The van der Waals surface area contributed by atoms with Crippen molar-refractivity contribution in [3.8, 4) is 0 Å². The summed E-state index contributed by atoms with van der Waals surface area (Å²) in [6.45, 7) is 6.06. The van der Waals surface area contributed by atoms with Gasteiger partial charge in [-0.3, -0.25) is 9.98 Å². The molecular weight excluding hydrogens is 238 g/mol. The largest absolute Gasteiger partial charge is 0.324 e. The number of pyridine rings is 1. The topological polar surface area (TPSA) is 63.1 Å². The fourth-order valence-corrected chi connectivity index (χ4v) is 2.07.